The van der Waals surface area contributed by atoms with Crippen LogP contribution in [-0.4, -0.2) is 46.5 Å². The fraction of sp³-hybridized carbons (Fsp3) is 0.529. The molecule has 3 N–H and O–H groups in total. The highest BCUT2D eigenvalue weighted by molar-refractivity contribution is 6.00. The number of rotatable bonds is 6. The second kappa shape index (κ2) is 8.50. The molecule has 0 aliphatic heterocycles. The molecule has 1 rings (SSSR count). The van der Waals surface area contributed by atoms with Crippen LogP contribution in [0.4, 0.5) is 18.0 Å². The fourth-order valence-electron chi connectivity index (χ4n) is 2.04. The van der Waals surface area contributed by atoms with Gasteiger partial charge < -0.3 is 20.3 Å². The predicted molar refractivity (Wildman–Crippen MR) is 86.6 cm³/mol. The van der Waals surface area contributed by atoms with E-state index in [2.05, 4.69) is 5.32 Å². The highest BCUT2D eigenvalue weighted by Gasteiger charge is 2.39. The third-order valence-electron chi connectivity index (χ3n) is 3.22. The second-order valence-electron chi connectivity index (χ2n) is 6.68. The Morgan fingerprint density at radius 1 is 1.19 bits per heavy atom. The van der Waals surface area contributed by atoms with Crippen molar-refractivity contribution in [1.82, 2.24) is 5.32 Å². The number of carbonyl (C=O) groups excluding carboxylic acids is 2. The Labute approximate surface area is 149 Å². The average molecular weight is 377 g/mol. The van der Waals surface area contributed by atoms with E-state index in [0.29, 0.717) is 0 Å². The molecule has 1 amide bonds. The van der Waals surface area contributed by atoms with Crippen LogP contribution in [0.1, 0.15) is 49.2 Å². The standard InChI is InChI=1S/C17H22F3NO5/c1-16(2,3)26-15(25)21-8-7-12(22)13(23)10-5-4-6-11(9-10)14(24)17(18,19)20/h4-6,9,12-13,22-23H,7-8H2,1-3H3,(H,21,25). The topological polar surface area (TPSA) is 95.9 Å². The summed E-state index contributed by atoms with van der Waals surface area (Å²) in [5.41, 5.74) is -1.36. The molecule has 0 aromatic heterocycles. The molecule has 1 aromatic carbocycles. The lowest BCUT2D eigenvalue weighted by atomic mass is 9.98. The van der Waals surface area contributed by atoms with Crippen LogP contribution in [0, 0.1) is 0 Å². The first kappa shape index (κ1) is 21.9. The van der Waals surface area contributed by atoms with Crippen molar-refractivity contribution in [3.8, 4) is 0 Å². The van der Waals surface area contributed by atoms with Crippen LogP contribution in [0.15, 0.2) is 24.3 Å². The fourth-order valence-corrected chi connectivity index (χ4v) is 2.04. The molecule has 2 atom stereocenters. The zero-order valence-corrected chi connectivity index (χ0v) is 14.6. The van der Waals surface area contributed by atoms with Gasteiger partial charge in [0.1, 0.15) is 11.7 Å². The molecule has 0 heterocycles. The number of halogens is 3. The van der Waals surface area contributed by atoms with Crippen LogP contribution in [0.25, 0.3) is 0 Å². The zero-order chi connectivity index (χ0) is 20.1. The Bertz CT molecular complexity index is 640. The summed E-state index contributed by atoms with van der Waals surface area (Å²) in [5, 5.41) is 22.4. The van der Waals surface area contributed by atoms with E-state index < -0.39 is 41.4 Å². The van der Waals surface area contributed by atoms with Gasteiger partial charge in [-0.3, -0.25) is 4.79 Å². The molecule has 0 radical (unpaired) electrons. The van der Waals surface area contributed by atoms with Gasteiger partial charge in [0.15, 0.2) is 0 Å². The normalized spacial score (nSPS) is 14.5. The van der Waals surface area contributed by atoms with E-state index in [1.165, 1.54) is 12.1 Å². The minimum Gasteiger partial charge on any atom is -0.444 e. The van der Waals surface area contributed by atoms with Crippen molar-refractivity contribution in [2.75, 3.05) is 6.54 Å². The minimum atomic E-state index is -5.03. The summed E-state index contributed by atoms with van der Waals surface area (Å²) in [7, 11) is 0. The van der Waals surface area contributed by atoms with Gasteiger partial charge in [0, 0.05) is 12.1 Å². The molecule has 1 aromatic rings. The summed E-state index contributed by atoms with van der Waals surface area (Å²) in [6.07, 6.45) is -8.67. The number of amides is 1. The maximum absolute atomic E-state index is 12.5. The van der Waals surface area contributed by atoms with E-state index in [9.17, 15) is 33.0 Å². The first-order valence-corrected chi connectivity index (χ1v) is 7.86. The van der Waals surface area contributed by atoms with Crippen molar-refractivity contribution in [3.63, 3.8) is 0 Å². The molecule has 0 fully saturated rings. The summed E-state index contributed by atoms with van der Waals surface area (Å²) in [6.45, 7) is 5.02. The van der Waals surface area contributed by atoms with Crippen LogP contribution >= 0.6 is 0 Å². The van der Waals surface area contributed by atoms with Gasteiger partial charge in [0.05, 0.1) is 6.10 Å². The second-order valence-corrected chi connectivity index (χ2v) is 6.68. The minimum absolute atomic E-state index is 0.0195. The molecule has 0 saturated heterocycles. The molecule has 26 heavy (non-hydrogen) atoms. The Hall–Kier alpha value is -2.13. The third-order valence-corrected chi connectivity index (χ3v) is 3.22. The highest BCUT2D eigenvalue weighted by Crippen LogP contribution is 2.25. The average Bonchev–Trinajstić information content (AvgIpc) is 2.50. The van der Waals surface area contributed by atoms with Crippen molar-refractivity contribution < 1.29 is 37.7 Å². The van der Waals surface area contributed by atoms with Crippen molar-refractivity contribution in [3.05, 3.63) is 35.4 Å². The first-order chi connectivity index (χ1) is 11.8. The number of alkyl halides is 3. The van der Waals surface area contributed by atoms with Gasteiger partial charge in [-0.15, -0.1) is 0 Å². The quantitative estimate of drug-likeness (QED) is 0.663. The molecule has 146 valence electrons. The summed E-state index contributed by atoms with van der Waals surface area (Å²) in [4.78, 5) is 22.7. The number of ether oxygens (including phenoxy) is 1. The Morgan fingerprint density at radius 2 is 1.81 bits per heavy atom. The smallest absolute Gasteiger partial charge is 0.444 e. The van der Waals surface area contributed by atoms with Gasteiger partial charge in [0.25, 0.3) is 5.78 Å². The zero-order valence-electron chi connectivity index (χ0n) is 14.6. The van der Waals surface area contributed by atoms with E-state index >= 15 is 0 Å². The number of hydrogen-bond acceptors (Lipinski definition) is 5. The van der Waals surface area contributed by atoms with Crippen LogP contribution in [0.5, 0.6) is 0 Å². The van der Waals surface area contributed by atoms with Crippen molar-refractivity contribution in [1.29, 1.82) is 0 Å². The lowest BCUT2D eigenvalue weighted by molar-refractivity contribution is -0.0885. The number of hydrogen-bond donors (Lipinski definition) is 3. The molecule has 0 bridgehead atoms. The van der Waals surface area contributed by atoms with Crippen molar-refractivity contribution in [2.45, 2.75) is 51.2 Å². The monoisotopic (exact) mass is 377 g/mol. The lowest BCUT2D eigenvalue weighted by Crippen LogP contribution is -2.34. The molecule has 0 spiro atoms. The van der Waals surface area contributed by atoms with Crippen molar-refractivity contribution >= 4 is 11.9 Å². The van der Waals surface area contributed by atoms with E-state index in [1.54, 1.807) is 20.8 Å². The largest absolute Gasteiger partial charge is 0.454 e. The van der Waals surface area contributed by atoms with E-state index in [-0.39, 0.29) is 18.5 Å². The third kappa shape index (κ3) is 7.01. The number of aliphatic hydroxyl groups excluding tert-OH is 2. The van der Waals surface area contributed by atoms with Crippen LogP contribution in [-0.2, 0) is 4.74 Å². The number of nitrogens with one attached hydrogen (secondary N) is 1. The van der Waals surface area contributed by atoms with Gasteiger partial charge in [-0.25, -0.2) is 4.79 Å². The number of ketones is 1. The van der Waals surface area contributed by atoms with Gasteiger partial charge in [0.2, 0.25) is 0 Å². The number of benzene rings is 1. The summed E-state index contributed by atoms with van der Waals surface area (Å²) < 4.78 is 42.4. The maximum atomic E-state index is 12.5. The highest BCUT2D eigenvalue weighted by atomic mass is 19.4. The van der Waals surface area contributed by atoms with Crippen LogP contribution in [0.2, 0.25) is 0 Å². The van der Waals surface area contributed by atoms with Crippen LogP contribution < -0.4 is 5.32 Å². The molecule has 0 aliphatic rings. The summed E-state index contributed by atoms with van der Waals surface area (Å²) in [6, 6.07) is 4.33. The number of alkyl carbamates (subject to hydrolysis) is 1. The van der Waals surface area contributed by atoms with E-state index in [4.69, 9.17) is 4.74 Å². The van der Waals surface area contributed by atoms with Crippen LogP contribution in [0.3, 0.4) is 0 Å². The van der Waals surface area contributed by atoms with Gasteiger partial charge in [-0.05, 0) is 38.8 Å². The number of carbonyl (C=O) groups is 2. The van der Waals surface area contributed by atoms with E-state index in [0.717, 1.165) is 12.1 Å². The molecular weight excluding hydrogens is 355 g/mol. The van der Waals surface area contributed by atoms with E-state index in [1.807, 2.05) is 0 Å². The summed E-state index contributed by atoms with van der Waals surface area (Å²) >= 11 is 0. The molecule has 2 unspecified atom stereocenters. The molecule has 0 aliphatic carbocycles. The molecular formula is C17H22F3NO5. The summed E-state index contributed by atoms with van der Waals surface area (Å²) in [5.74, 6) is -2.03. The SMILES string of the molecule is CC(C)(C)OC(=O)NCCC(O)C(O)c1cccc(C(=O)C(F)(F)F)c1. The number of Topliss-reactive ketones (excluding diaryl/α,β-unsaturated/α-hetero) is 1. The Morgan fingerprint density at radius 3 is 2.35 bits per heavy atom. The maximum Gasteiger partial charge on any atom is 0.454 e. The first-order valence-electron chi connectivity index (χ1n) is 7.86. The Balaban J connectivity index is 2.65. The lowest BCUT2D eigenvalue weighted by Gasteiger charge is -2.21. The predicted octanol–water partition coefficient (Wildman–Crippen LogP) is 2.74. The van der Waals surface area contributed by atoms with Gasteiger partial charge in [-0.1, -0.05) is 18.2 Å². The van der Waals surface area contributed by atoms with Gasteiger partial charge in [-0.2, -0.15) is 13.2 Å². The molecule has 9 heteroatoms. The van der Waals surface area contributed by atoms with Gasteiger partial charge >= 0.3 is 12.3 Å². The molecule has 6 nitrogen and oxygen atoms in total. The van der Waals surface area contributed by atoms with Crippen molar-refractivity contribution in [2.24, 2.45) is 0 Å². The molecule has 0 saturated carbocycles. The Kier molecular flexibility index (Phi) is 7.16. The number of aliphatic hydroxyl groups is 2.